The van der Waals surface area contributed by atoms with E-state index in [0.29, 0.717) is 11.8 Å². The van der Waals surface area contributed by atoms with Gasteiger partial charge in [0.05, 0.1) is 5.69 Å². The average Bonchev–Trinajstić information content (AvgIpc) is 2.72. The van der Waals surface area contributed by atoms with E-state index >= 15 is 0 Å². The Bertz CT molecular complexity index is 707. The van der Waals surface area contributed by atoms with Gasteiger partial charge in [0.1, 0.15) is 0 Å². The van der Waals surface area contributed by atoms with Gasteiger partial charge in [-0.3, -0.25) is 4.79 Å². The summed E-state index contributed by atoms with van der Waals surface area (Å²) in [5.74, 6) is -0.511. The minimum atomic E-state index is -0.458. The monoisotopic (exact) mass is 331 g/mol. The third-order valence-electron chi connectivity index (χ3n) is 3.73. The van der Waals surface area contributed by atoms with Crippen LogP contribution >= 0.6 is 11.8 Å². The van der Waals surface area contributed by atoms with Gasteiger partial charge in [0.15, 0.2) is 18.2 Å². The van der Waals surface area contributed by atoms with Crippen molar-refractivity contribution in [3.63, 3.8) is 0 Å². The fraction of sp³-hybridized carbons (Fsp3) is 0.278. The van der Waals surface area contributed by atoms with Crippen LogP contribution in [0.15, 0.2) is 53.4 Å². The first kappa shape index (κ1) is 15.9. The fourth-order valence-electron chi connectivity index (χ4n) is 2.53. The minimum Gasteiger partial charge on any atom is -0.481 e. The maximum Gasteiger partial charge on any atom is 0.264 e. The highest BCUT2D eigenvalue weighted by molar-refractivity contribution is 8.00. The lowest BCUT2D eigenvalue weighted by Gasteiger charge is -2.22. The molecule has 2 aromatic rings. The number of carbonyl (C=O) groups is 1. The Morgan fingerprint density at radius 2 is 2.00 bits per heavy atom. The highest BCUT2D eigenvalue weighted by Crippen LogP contribution is 2.37. The number of hydrogen-bond acceptors (Lipinski definition) is 3. The van der Waals surface area contributed by atoms with Gasteiger partial charge >= 0.3 is 0 Å². The molecular weight excluding hydrogens is 313 g/mol. The van der Waals surface area contributed by atoms with E-state index in [1.807, 2.05) is 24.3 Å². The molecule has 3 nitrogen and oxygen atoms in total. The zero-order chi connectivity index (χ0) is 16.2. The maximum atomic E-state index is 13.6. The van der Waals surface area contributed by atoms with E-state index in [4.69, 9.17) is 4.74 Å². The van der Waals surface area contributed by atoms with E-state index in [2.05, 4.69) is 6.92 Å². The molecule has 5 heteroatoms. The first-order valence-corrected chi connectivity index (χ1v) is 8.46. The van der Waals surface area contributed by atoms with Gasteiger partial charge in [-0.05, 0) is 30.7 Å². The lowest BCUT2D eigenvalue weighted by atomic mass is 10.2. The molecule has 1 aliphatic rings. The molecule has 0 aromatic heterocycles. The number of fused-ring (bicyclic) bond motifs is 1. The van der Waals surface area contributed by atoms with Gasteiger partial charge in [-0.15, -0.1) is 11.8 Å². The van der Waals surface area contributed by atoms with Crippen molar-refractivity contribution in [2.75, 3.05) is 18.1 Å². The maximum absolute atomic E-state index is 13.6. The Balaban J connectivity index is 1.75. The predicted molar refractivity (Wildman–Crippen MR) is 90.6 cm³/mol. The Kier molecular flexibility index (Phi) is 4.86. The number of carbonyl (C=O) groups excluding carboxylic acids is 1. The van der Waals surface area contributed by atoms with E-state index in [1.165, 1.54) is 12.1 Å². The Morgan fingerprint density at radius 1 is 1.26 bits per heavy atom. The fourth-order valence-corrected chi connectivity index (χ4v) is 3.64. The molecule has 0 aliphatic carbocycles. The topological polar surface area (TPSA) is 29.5 Å². The Labute approximate surface area is 139 Å². The molecule has 3 rings (SSSR count). The summed E-state index contributed by atoms with van der Waals surface area (Å²) in [6.45, 7) is 2.63. The van der Waals surface area contributed by atoms with Gasteiger partial charge in [-0.1, -0.05) is 31.2 Å². The molecule has 0 bridgehead atoms. The molecule has 1 amide bonds. The molecule has 0 saturated heterocycles. The van der Waals surface area contributed by atoms with Crippen LogP contribution < -0.4 is 9.64 Å². The van der Waals surface area contributed by atoms with Crippen LogP contribution in [0.5, 0.6) is 5.75 Å². The van der Waals surface area contributed by atoms with E-state index in [0.717, 1.165) is 17.0 Å². The molecule has 0 N–H and O–H groups in total. The molecule has 0 spiro atoms. The molecule has 0 unspecified atom stereocenters. The summed E-state index contributed by atoms with van der Waals surface area (Å²) < 4.78 is 18.9. The van der Waals surface area contributed by atoms with Crippen molar-refractivity contribution in [2.24, 2.45) is 0 Å². The van der Waals surface area contributed by atoms with E-state index in [-0.39, 0.29) is 18.3 Å². The van der Waals surface area contributed by atoms with Gasteiger partial charge in [0.2, 0.25) is 0 Å². The first-order chi connectivity index (χ1) is 11.1. The van der Waals surface area contributed by atoms with Gasteiger partial charge in [-0.25, -0.2) is 4.39 Å². The highest BCUT2D eigenvalue weighted by atomic mass is 32.2. The van der Waals surface area contributed by atoms with Crippen molar-refractivity contribution in [2.45, 2.75) is 23.5 Å². The summed E-state index contributed by atoms with van der Waals surface area (Å²) in [5, 5.41) is 0.446. The minimum absolute atomic E-state index is 0.103. The summed E-state index contributed by atoms with van der Waals surface area (Å²) >= 11 is 1.78. The summed E-state index contributed by atoms with van der Waals surface area (Å²) in [7, 11) is 0. The molecule has 120 valence electrons. The second-order valence-corrected chi connectivity index (χ2v) is 6.93. The molecule has 1 atom stereocenters. The zero-order valence-corrected chi connectivity index (χ0v) is 13.7. The lowest BCUT2D eigenvalue weighted by molar-refractivity contribution is -0.120. The van der Waals surface area contributed by atoms with Gasteiger partial charge < -0.3 is 9.64 Å². The number of amides is 1. The second-order valence-electron chi connectivity index (χ2n) is 5.45. The van der Waals surface area contributed by atoms with E-state index in [1.54, 1.807) is 28.8 Å². The van der Waals surface area contributed by atoms with Crippen LogP contribution in [-0.2, 0) is 4.79 Å². The first-order valence-electron chi connectivity index (χ1n) is 7.58. The van der Waals surface area contributed by atoms with Crippen LogP contribution in [-0.4, -0.2) is 24.3 Å². The van der Waals surface area contributed by atoms with Crippen LogP contribution in [0.2, 0.25) is 0 Å². The molecular formula is C18H18FNO2S. The number of rotatable bonds is 3. The number of benzene rings is 2. The molecule has 1 heterocycles. The summed E-state index contributed by atoms with van der Waals surface area (Å²) in [6.07, 6.45) is 0.908. The number of thioether (sulfide) groups is 1. The van der Waals surface area contributed by atoms with Crippen molar-refractivity contribution in [1.82, 2.24) is 0 Å². The normalized spacial score (nSPS) is 17.3. The number of para-hydroxylation sites is 2. The van der Waals surface area contributed by atoms with Crippen LogP contribution in [0.3, 0.4) is 0 Å². The average molecular weight is 331 g/mol. The second kappa shape index (κ2) is 7.04. The van der Waals surface area contributed by atoms with Crippen molar-refractivity contribution in [3.8, 4) is 5.75 Å². The van der Waals surface area contributed by atoms with E-state index < -0.39 is 5.82 Å². The van der Waals surface area contributed by atoms with Gasteiger partial charge in [0.25, 0.3) is 5.91 Å². The SMILES string of the molecule is C[C@H]1CCN(C(=O)COc2ccccc2F)c2ccccc2S1. The van der Waals surface area contributed by atoms with E-state index in [9.17, 15) is 9.18 Å². The molecule has 0 saturated carbocycles. The standard InChI is InChI=1S/C18H18FNO2S/c1-13-10-11-20(15-7-3-5-9-17(15)23-13)18(21)12-22-16-8-4-2-6-14(16)19/h2-9,13H,10-12H2,1H3/t13-/m0/s1. The summed E-state index contributed by atoms with van der Waals surface area (Å²) in [6, 6.07) is 14.0. The number of nitrogens with zero attached hydrogens (tertiary/aromatic N) is 1. The molecule has 1 aliphatic heterocycles. The van der Waals surface area contributed by atoms with Crippen molar-refractivity contribution < 1.29 is 13.9 Å². The Morgan fingerprint density at radius 3 is 2.83 bits per heavy atom. The van der Waals surface area contributed by atoms with Crippen molar-refractivity contribution >= 4 is 23.4 Å². The predicted octanol–water partition coefficient (Wildman–Crippen LogP) is 4.12. The number of ether oxygens (including phenoxy) is 1. The quantitative estimate of drug-likeness (QED) is 0.847. The molecule has 2 aromatic carbocycles. The van der Waals surface area contributed by atoms with Crippen molar-refractivity contribution in [1.29, 1.82) is 0 Å². The summed E-state index contributed by atoms with van der Waals surface area (Å²) in [5.41, 5.74) is 0.906. The van der Waals surface area contributed by atoms with Crippen LogP contribution in [0.1, 0.15) is 13.3 Å². The largest absolute Gasteiger partial charge is 0.481 e. The smallest absolute Gasteiger partial charge is 0.264 e. The molecule has 0 radical (unpaired) electrons. The zero-order valence-electron chi connectivity index (χ0n) is 12.9. The van der Waals surface area contributed by atoms with Gasteiger partial charge in [0, 0.05) is 16.7 Å². The molecule has 0 fully saturated rings. The van der Waals surface area contributed by atoms with Crippen LogP contribution in [0.25, 0.3) is 0 Å². The van der Waals surface area contributed by atoms with Crippen LogP contribution in [0.4, 0.5) is 10.1 Å². The number of hydrogen-bond donors (Lipinski definition) is 0. The number of anilines is 1. The van der Waals surface area contributed by atoms with Gasteiger partial charge in [-0.2, -0.15) is 0 Å². The molecule has 23 heavy (non-hydrogen) atoms. The third kappa shape index (κ3) is 3.67. The Hall–Kier alpha value is -2.01. The third-order valence-corrected chi connectivity index (χ3v) is 4.97. The lowest BCUT2D eigenvalue weighted by Crippen LogP contribution is -2.36. The number of halogens is 1. The summed E-state index contributed by atoms with van der Waals surface area (Å²) in [4.78, 5) is 15.4. The van der Waals surface area contributed by atoms with Crippen molar-refractivity contribution in [3.05, 3.63) is 54.3 Å². The van der Waals surface area contributed by atoms with Crippen LogP contribution in [0, 0.1) is 5.82 Å². The highest BCUT2D eigenvalue weighted by Gasteiger charge is 2.24.